The molecule has 3 heterocycles. The number of nitrogens with one attached hydrogen (secondary N) is 2. The van der Waals surface area contributed by atoms with Gasteiger partial charge in [0.1, 0.15) is 36.3 Å². The van der Waals surface area contributed by atoms with Gasteiger partial charge in [0.05, 0.1) is 26.1 Å². The number of aliphatic hydroxyl groups excluding tert-OH is 3. The second-order valence-corrected chi connectivity index (χ2v) is 17.2. The fraction of sp³-hybridized carbons (Fsp3) is 0.667. The van der Waals surface area contributed by atoms with Crippen molar-refractivity contribution in [3.63, 3.8) is 0 Å². The van der Waals surface area contributed by atoms with Crippen LogP contribution in [0.5, 0.6) is 0 Å². The van der Waals surface area contributed by atoms with Gasteiger partial charge in [-0.15, -0.1) is 0 Å². The normalized spacial score (nSPS) is 22.2. The van der Waals surface area contributed by atoms with E-state index in [1.165, 1.54) is 13.8 Å². The zero-order valence-electron chi connectivity index (χ0n) is 27.9. The molecule has 1 saturated heterocycles. The van der Waals surface area contributed by atoms with Gasteiger partial charge in [-0.3, -0.25) is 32.5 Å². The second kappa shape index (κ2) is 18.9. The molecule has 0 saturated carbocycles. The highest BCUT2D eigenvalue weighted by Crippen LogP contribution is 2.61. The van der Waals surface area contributed by atoms with E-state index in [4.69, 9.17) is 24.6 Å². The Morgan fingerprint density at radius 3 is 2.40 bits per heavy atom. The second-order valence-electron chi connectivity index (χ2n) is 11.8. The van der Waals surface area contributed by atoms with Crippen molar-refractivity contribution in [1.82, 2.24) is 30.2 Å². The average Bonchev–Trinajstić information content (AvgIpc) is 3.61. The number of phosphoric ester groups is 3. The molecule has 25 nitrogen and oxygen atoms in total. The molecule has 1 aliphatic rings. The van der Waals surface area contributed by atoms with Crippen LogP contribution < -0.4 is 16.4 Å². The molecule has 53 heavy (non-hydrogen) atoms. The third-order valence-electron chi connectivity index (χ3n) is 7.08. The lowest BCUT2D eigenvalue weighted by molar-refractivity contribution is -0.137. The number of thioether (sulfide) groups is 1. The first-order valence-electron chi connectivity index (χ1n) is 15.2. The Hall–Kier alpha value is -2.48. The number of aromatic nitrogens is 4. The van der Waals surface area contributed by atoms with Gasteiger partial charge in [0.25, 0.3) is 0 Å². The standard InChI is InChI=1S/C24H40N7O18P3S/c1-24(2,19(36)22(37)27-5-3-14(33)26-6-8-53-15(34)4-7-32)10-46-52(43,44)49-51(41,42)45-9-13-18(48-50(38,39)40)17(35)23(47-13)31-12-30-16-20(25)28-11-29-21(16)31/h11-13,17-19,23,32,35-36H,3-10H2,1-2H3,(H,26,33)(H,27,37)(H,41,42)(H,43,44)(H2,25,28,29)(H2,38,39,40)/t13-,17-,18-,19?,23?/m1/s1. The van der Waals surface area contributed by atoms with Gasteiger partial charge in [-0.05, 0) is 0 Å². The molecule has 0 spiro atoms. The molecule has 0 bridgehead atoms. The van der Waals surface area contributed by atoms with Crippen molar-refractivity contribution in [3.8, 4) is 0 Å². The largest absolute Gasteiger partial charge is 0.481 e. The summed E-state index contributed by atoms with van der Waals surface area (Å²) in [5.41, 5.74) is 4.23. The summed E-state index contributed by atoms with van der Waals surface area (Å²) >= 11 is 0.935. The maximum atomic E-state index is 12.6. The maximum absolute atomic E-state index is 12.6. The van der Waals surface area contributed by atoms with E-state index >= 15 is 0 Å². The van der Waals surface area contributed by atoms with E-state index in [-0.39, 0.29) is 60.4 Å². The molecule has 1 aliphatic heterocycles. The molecule has 3 rings (SSSR count). The van der Waals surface area contributed by atoms with Gasteiger partial charge in [0.2, 0.25) is 11.8 Å². The van der Waals surface area contributed by atoms with Crippen molar-refractivity contribution < 1.29 is 85.6 Å². The molecule has 2 amide bonds. The van der Waals surface area contributed by atoms with Crippen LogP contribution in [-0.2, 0) is 50.7 Å². The Bertz CT molecular complexity index is 1750. The number of aliphatic hydroxyl groups is 3. The van der Waals surface area contributed by atoms with Gasteiger partial charge in [-0.25, -0.2) is 28.6 Å². The van der Waals surface area contributed by atoms with Crippen molar-refractivity contribution in [1.29, 1.82) is 0 Å². The Balaban J connectivity index is 1.52. The lowest BCUT2D eigenvalue weighted by atomic mass is 9.87. The summed E-state index contributed by atoms with van der Waals surface area (Å²) in [4.78, 5) is 86.5. The van der Waals surface area contributed by atoms with Crippen LogP contribution in [-0.4, -0.2) is 134 Å². The van der Waals surface area contributed by atoms with E-state index in [0.717, 1.165) is 29.0 Å². The van der Waals surface area contributed by atoms with Gasteiger partial charge >= 0.3 is 23.5 Å². The number of nitrogens with two attached hydrogens (primary N) is 1. The fourth-order valence-electron chi connectivity index (χ4n) is 4.46. The molecule has 0 radical (unpaired) electrons. The molecule has 300 valence electrons. The Kier molecular flexibility index (Phi) is 16.0. The summed E-state index contributed by atoms with van der Waals surface area (Å²) in [6.07, 6.45) is -6.99. The van der Waals surface area contributed by atoms with E-state index < -0.39 is 84.6 Å². The summed E-state index contributed by atoms with van der Waals surface area (Å²) in [7, 11) is -16.4. The number of anilines is 1. The molecule has 4 unspecified atom stereocenters. The molecule has 2 aromatic heterocycles. The first-order valence-corrected chi connectivity index (χ1v) is 20.7. The Morgan fingerprint density at radius 1 is 1.06 bits per heavy atom. The molecular weight excluding hydrogens is 799 g/mol. The van der Waals surface area contributed by atoms with E-state index in [1.54, 1.807) is 0 Å². The molecule has 11 N–H and O–H groups in total. The highest BCUT2D eigenvalue weighted by molar-refractivity contribution is 8.13. The van der Waals surface area contributed by atoms with E-state index in [0.29, 0.717) is 0 Å². The molecule has 1 fully saturated rings. The number of rotatable bonds is 21. The summed E-state index contributed by atoms with van der Waals surface area (Å²) < 4.78 is 61.9. The van der Waals surface area contributed by atoms with E-state index in [1.807, 2.05) is 0 Å². The Morgan fingerprint density at radius 2 is 1.74 bits per heavy atom. The summed E-state index contributed by atoms with van der Waals surface area (Å²) in [5.74, 6) is -1.24. The van der Waals surface area contributed by atoms with Gasteiger partial charge in [-0.2, -0.15) is 4.31 Å². The molecule has 7 atom stereocenters. The first-order chi connectivity index (χ1) is 24.6. The number of nitrogen functional groups attached to an aromatic ring is 1. The highest BCUT2D eigenvalue weighted by atomic mass is 32.2. The van der Waals surface area contributed by atoms with Crippen LogP contribution >= 0.6 is 35.2 Å². The van der Waals surface area contributed by atoms with Crippen LogP contribution in [0.2, 0.25) is 0 Å². The number of hydrogen-bond acceptors (Lipinski definition) is 19. The van der Waals surface area contributed by atoms with Gasteiger partial charge in [0, 0.05) is 37.1 Å². The van der Waals surface area contributed by atoms with Crippen molar-refractivity contribution in [3.05, 3.63) is 12.7 Å². The van der Waals surface area contributed by atoms with E-state index in [2.05, 4.69) is 34.4 Å². The van der Waals surface area contributed by atoms with Crippen molar-refractivity contribution in [2.45, 2.75) is 57.3 Å². The van der Waals surface area contributed by atoms with Gasteiger partial charge in [0.15, 0.2) is 22.8 Å². The summed E-state index contributed by atoms with van der Waals surface area (Å²) in [6.45, 7) is 0.0885. The Labute approximate surface area is 304 Å². The number of nitrogens with zero attached hydrogens (tertiary/aromatic N) is 4. The van der Waals surface area contributed by atoms with E-state index in [9.17, 15) is 57.9 Å². The topological polar surface area (TPSA) is 384 Å². The number of fused-ring (bicyclic) bond motifs is 1. The highest BCUT2D eigenvalue weighted by Gasteiger charge is 2.50. The third-order valence-corrected chi connectivity index (χ3v) is 11.1. The van der Waals surface area contributed by atoms with Crippen molar-refractivity contribution in [2.24, 2.45) is 5.41 Å². The lowest BCUT2D eigenvalue weighted by Gasteiger charge is -2.30. The minimum atomic E-state index is -5.57. The predicted octanol–water partition coefficient (Wildman–Crippen LogP) is -1.95. The SMILES string of the molecule is CC(C)(COP(=O)(O)OP(=O)(O)OC[C@H]1OC(n2cnc3c(N)ncnc32)[C@H](O)[C@@H]1OP(=O)(O)O)C(O)C(=O)NCCC(=O)NCCSC(=O)CCO. The number of carbonyl (C=O) groups excluding carboxylic acids is 3. The number of amides is 2. The maximum Gasteiger partial charge on any atom is 0.481 e. The van der Waals surface area contributed by atoms with Crippen LogP contribution in [0.1, 0.15) is 32.9 Å². The lowest BCUT2D eigenvalue weighted by Crippen LogP contribution is -2.46. The van der Waals surface area contributed by atoms with Crippen LogP contribution in [0.15, 0.2) is 12.7 Å². The molecule has 0 aliphatic carbocycles. The van der Waals surface area contributed by atoms with Gasteiger partial charge in [-0.1, -0.05) is 25.6 Å². The summed E-state index contributed by atoms with van der Waals surface area (Å²) in [5, 5.41) is 34.6. The minimum absolute atomic E-state index is 0.0134. The quantitative estimate of drug-likeness (QED) is 0.0482. The monoisotopic (exact) mass is 839 g/mol. The van der Waals surface area contributed by atoms with Crippen LogP contribution in [0.4, 0.5) is 5.82 Å². The molecule has 2 aromatic rings. The smallest absolute Gasteiger partial charge is 0.396 e. The van der Waals surface area contributed by atoms with Crippen LogP contribution in [0.25, 0.3) is 11.2 Å². The summed E-state index contributed by atoms with van der Waals surface area (Å²) in [6, 6.07) is 0. The van der Waals surface area contributed by atoms with Crippen LogP contribution in [0.3, 0.4) is 0 Å². The predicted molar refractivity (Wildman–Crippen MR) is 179 cm³/mol. The number of ether oxygens (including phenoxy) is 1. The average molecular weight is 840 g/mol. The molecule has 29 heteroatoms. The number of phosphoric acid groups is 3. The molecule has 0 aromatic carbocycles. The zero-order chi connectivity index (χ0) is 39.8. The number of imidazole rings is 1. The third kappa shape index (κ3) is 13.6. The van der Waals surface area contributed by atoms with Crippen molar-refractivity contribution >= 4 is 69.1 Å². The number of carbonyl (C=O) groups is 3. The fourth-order valence-corrected chi connectivity index (χ4v) is 7.95. The first kappa shape index (κ1) is 44.9. The van der Waals surface area contributed by atoms with Crippen LogP contribution in [0, 0.1) is 5.41 Å². The minimum Gasteiger partial charge on any atom is -0.396 e. The zero-order valence-corrected chi connectivity index (χ0v) is 31.4. The number of hydrogen-bond donors (Lipinski definition) is 10. The van der Waals surface area contributed by atoms with Gasteiger partial charge < -0.3 is 56.0 Å². The van der Waals surface area contributed by atoms with Crippen molar-refractivity contribution in [2.75, 3.05) is 44.4 Å². The molecular formula is C24H40N7O18P3S.